The number of ether oxygens (including phenoxy) is 1. The van der Waals surface area contributed by atoms with E-state index in [9.17, 15) is 4.79 Å². The maximum Gasteiger partial charge on any atom is 0.345 e. The largest absolute Gasteiger partial charge is 0.376 e. The topological polar surface area (TPSA) is 49.0 Å². The average Bonchev–Trinajstić information content (AvgIpc) is 2.52. The predicted molar refractivity (Wildman–Crippen MR) is 51.1 cm³/mol. The van der Waals surface area contributed by atoms with Gasteiger partial charge in [0.1, 0.15) is 6.33 Å². The molecule has 1 aromatic heterocycles. The van der Waals surface area contributed by atoms with Gasteiger partial charge < -0.3 is 4.74 Å². The van der Waals surface area contributed by atoms with Crippen molar-refractivity contribution in [3.63, 3.8) is 0 Å². The first-order chi connectivity index (χ1) is 6.77. The highest BCUT2D eigenvalue weighted by molar-refractivity contribution is 4.69. The van der Waals surface area contributed by atoms with Crippen LogP contribution in [0.3, 0.4) is 0 Å². The monoisotopic (exact) mass is 197 g/mol. The molecule has 0 N–H and O–H groups in total. The highest BCUT2D eigenvalue weighted by Crippen LogP contribution is 2.13. The van der Waals surface area contributed by atoms with E-state index in [2.05, 4.69) is 5.10 Å². The molecule has 14 heavy (non-hydrogen) atoms. The second kappa shape index (κ2) is 3.96. The lowest BCUT2D eigenvalue weighted by atomic mass is 10.1. The van der Waals surface area contributed by atoms with E-state index in [1.807, 2.05) is 0 Å². The summed E-state index contributed by atoms with van der Waals surface area (Å²) < 4.78 is 8.48. The summed E-state index contributed by atoms with van der Waals surface area (Å²) in [4.78, 5) is 11.5. The van der Waals surface area contributed by atoms with E-state index >= 15 is 0 Å². The van der Waals surface area contributed by atoms with Crippen molar-refractivity contribution in [1.29, 1.82) is 0 Å². The first kappa shape index (κ1) is 9.45. The minimum absolute atomic E-state index is 0.0702. The third-order valence-electron chi connectivity index (χ3n) is 2.54. The van der Waals surface area contributed by atoms with E-state index < -0.39 is 0 Å². The zero-order chi connectivity index (χ0) is 9.97. The minimum atomic E-state index is -0.0702. The molecule has 1 atom stereocenters. The van der Waals surface area contributed by atoms with Crippen LogP contribution >= 0.6 is 0 Å². The molecule has 1 aliphatic heterocycles. The average molecular weight is 197 g/mol. The van der Waals surface area contributed by atoms with Crippen molar-refractivity contribution < 1.29 is 4.74 Å². The van der Waals surface area contributed by atoms with Crippen LogP contribution in [0, 0.1) is 0 Å². The highest BCUT2D eigenvalue weighted by Gasteiger charge is 2.15. The molecule has 5 nitrogen and oxygen atoms in total. The van der Waals surface area contributed by atoms with Gasteiger partial charge in [-0.25, -0.2) is 9.48 Å². The zero-order valence-corrected chi connectivity index (χ0v) is 8.35. The molecule has 0 saturated carbocycles. The van der Waals surface area contributed by atoms with Crippen LogP contribution in [0.1, 0.15) is 19.3 Å². The SMILES string of the molecule is Cn1cnn(CC2CCCCO2)c1=O. The summed E-state index contributed by atoms with van der Waals surface area (Å²) in [6.07, 6.45) is 5.05. The number of aromatic nitrogens is 3. The van der Waals surface area contributed by atoms with Gasteiger partial charge in [-0.2, -0.15) is 5.10 Å². The standard InChI is InChI=1S/C9H15N3O2/c1-11-7-10-12(9(11)13)6-8-4-2-3-5-14-8/h7-8H,2-6H2,1H3. The molecule has 0 amide bonds. The van der Waals surface area contributed by atoms with Gasteiger partial charge >= 0.3 is 5.69 Å². The number of hydrogen-bond donors (Lipinski definition) is 0. The number of hydrogen-bond acceptors (Lipinski definition) is 3. The molecule has 0 aromatic carbocycles. The van der Waals surface area contributed by atoms with Crippen molar-refractivity contribution in [3.8, 4) is 0 Å². The zero-order valence-electron chi connectivity index (χ0n) is 8.35. The molecule has 2 rings (SSSR count). The van der Waals surface area contributed by atoms with Gasteiger partial charge in [-0.15, -0.1) is 0 Å². The molecule has 0 aliphatic carbocycles. The predicted octanol–water partition coefficient (Wildman–Crippen LogP) is 0.151. The quantitative estimate of drug-likeness (QED) is 0.678. The van der Waals surface area contributed by atoms with E-state index in [4.69, 9.17) is 4.74 Å². The summed E-state index contributed by atoms with van der Waals surface area (Å²) in [7, 11) is 1.70. The molecule has 0 bridgehead atoms. The molecular formula is C9H15N3O2. The van der Waals surface area contributed by atoms with Crippen LogP contribution in [0.25, 0.3) is 0 Å². The Balaban J connectivity index is 2.02. The maximum atomic E-state index is 11.5. The van der Waals surface area contributed by atoms with Crippen LogP contribution in [-0.2, 0) is 18.3 Å². The summed E-state index contributed by atoms with van der Waals surface area (Å²) in [6, 6.07) is 0. The Bertz CT molecular complexity index is 349. The van der Waals surface area contributed by atoms with Gasteiger partial charge in [0.2, 0.25) is 0 Å². The van der Waals surface area contributed by atoms with Gasteiger partial charge in [0.25, 0.3) is 0 Å². The van der Waals surface area contributed by atoms with Crippen molar-refractivity contribution in [2.45, 2.75) is 31.9 Å². The second-order valence-corrected chi connectivity index (χ2v) is 3.70. The van der Waals surface area contributed by atoms with Crippen LogP contribution < -0.4 is 5.69 Å². The second-order valence-electron chi connectivity index (χ2n) is 3.70. The van der Waals surface area contributed by atoms with Crippen LogP contribution in [-0.4, -0.2) is 27.1 Å². The Kier molecular flexibility index (Phi) is 2.67. The van der Waals surface area contributed by atoms with Gasteiger partial charge in [-0.3, -0.25) is 4.57 Å². The first-order valence-corrected chi connectivity index (χ1v) is 4.97. The third-order valence-corrected chi connectivity index (χ3v) is 2.54. The Labute approximate surface area is 82.3 Å². The van der Waals surface area contributed by atoms with E-state index in [-0.39, 0.29) is 11.8 Å². The molecule has 1 unspecified atom stereocenters. The summed E-state index contributed by atoms with van der Waals surface area (Å²) in [5.41, 5.74) is -0.0702. The first-order valence-electron chi connectivity index (χ1n) is 4.97. The fourth-order valence-corrected chi connectivity index (χ4v) is 1.69. The van der Waals surface area contributed by atoms with Crippen molar-refractivity contribution in [1.82, 2.24) is 14.3 Å². The van der Waals surface area contributed by atoms with Crippen molar-refractivity contribution in [3.05, 3.63) is 16.8 Å². The summed E-state index contributed by atoms with van der Waals surface area (Å²) in [5.74, 6) is 0. The number of nitrogens with zero attached hydrogens (tertiary/aromatic N) is 3. The maximum absolute atomic E-state index is 11.5. The molecule has 2 heterocycles. The summed E-state index contributed by atoms with van der Waals surface area (Å²) >= 11 is 0. The van der Waals surface area contributed by atoms with Gasteiger partial charge in [0, 0.05) is 13.7 Å². The lowest BCUT2D eigenvalue weighted by Gasteiger charge is -2.21. The molecular weight excluding hydrogens is 182 g/mol. The lowest BCUT2D eigenvalue weighted by molar-refractivity contribution is 0.00330. The van der Waals surface area contributed by atoms with Crippen LogP contribution in [0.15, 0.2) is 11.1 Å². The Hall–Kier alpha value is -1.10. The number of aryl methyl sites for hydroxylation is 1. The molecule has 1 saturated heterocycles. The Morgan fingerprint density at radius 1 is 1.64 bits per heavy atom. The number of rotatable bonds is 2. The van der Waals surface area contributed by atoms with E-state index in [0.717, 1.165) is 19.4 Å². The van der Waals surface area contributed by atoms with Gasteiger partial charge in [-0.05, 0) is 19.3 Å². The minimum Gasteiger partial charge on any atom is -0.376 e. The molecule has 0 radical (unpaired) electrons. The third kappa shape index (κ3) is 1.87. The molecule has 5 heteroatoms. The van der Waals surface area contributed by atoms with Crippen LogP contribution in [0.2, 0.25) is 0 Å². The van der Waals surface area contributed by atoms with Crippen LogP contribution in [0.5, 0.6) is 0 Å². The summed E-state index contributed by atoms with van der Waals surface area (Å²) in [6.45, 7) is 1.39. The fraction of sp³-hybridized carbons (Fsp3) is 0.778. The molecule has 78 valence electrons. The highest BCUT2D eigenvalue weighted by atomic mass is 16.5. The van der Waals surface area contributed by atoms with Gasteiger partial charge in [0.15, 0.2) is 0 Å². The summed E-state index contributed by atoms with van der Waals surface area (Å²) in [5, 5.41) is 4.00. The van der Waals surface area contributed by atoms with Gasteiger partial charge in [-0.1, -0.05) is 0 Å². The molecule has 1 fully saturated rings. The van der Waals surface area contributed by atoms with Gasteiger partial charge in [0.05, 0.1) is 12.6 Å². The van der Waals surface area contributed by atoms with Crippen molar-refractivity contribution >= 4 is 0 Å². The smallest absolute Gasteiger partial charge is 0.345 e. The lowest BCUT2D eigenvalue weighted by Crippen LogP contribution is -2.31. The Morgan fingerprint density at radius 3 is 3.07 bits per heavy atom. The molecule has 1 aromatic rings. The van der Waals surface area contributed by atoms with Crippen molar-refractivity contribution in [2.24, 2.45) is 7.05 Å². The van der Waals surface area contributed by atoms with E-state index in [1.54, 1.807) is 7.05 Å². The van der Waals surface area contributed by atoms with E-state index in [1.165, 1.54) is 22.0 Å². The molecule has 1 aliphatic rings. The van der Waals surface area contributed by atoms with E-state index in [0.29, 0.717) is 6.54 Å². The van der Waals surface area contributed by atoms with Crippen LogP contribution in [0.4, 0.5) is 0 Å². The molecule has 0 spiro atoms. The fourth-order valence-electron chi connectivity index (χ4n) is 1.69. The Morgan fingerprint density at radius 2 is 2.50 bits per heavy atom. The van der Waals surface area contributed by atoms with Crippen molar-refractivity contribution in [2.75, 3.05) is 6.61 Å². The normalized spacial score (nSPS) is 22.5.